The molecule has 3 aromatic rings. The number of halogens is 4. The highest BCUT2D eigenvalue weighted by molar-refractivity contribution is 6.54. The van der Waals surface area contributed by atoms with Crippen LogP contribution in [0, 0.1) is 12.7 Å². The first-order valence-corrected chi connectivity index (χ1v) is 8.73. The fraction of sp³-hybridized carbons (Fsp3) is 0.111. The van der Waals surface area contributed by atoms with Gasteiger partial charge in [0, 0.05) is 17.3 Å². The van der Waals surface area contributed by atoms with Gasteiger partial charge < -0.3 is 9.84 Å². The van der Waals surface area contributed by atoms with Crippen LogP contribution < -0.4 is 5.32 Å². The van der Waals surface area contributed by atoms with Crippen molar-refractivity contribution in [2.75, 3.05) is 5.32 Å². The zero-order chi connectivity index (χ0) is 18.8. The summed E-state index contributed by atoms with van der Waals surface area (Å²) >= 11 is 17.3. The highest BCUT2D eigenvalue weighted by Gasteiger charge is 2.18. The van der Waals surface area contributed by atoms with E-state index < -0.39 is 16.6 Å². The van der Waals surface area contributed by atoms with Crippen molar-refractivity contribution in [3.8, 4) is 22.6 Å². The molecule has 1 amide bonds. The molecule has 0 unspecified atom stereocenters. The van der Waals surface area contributed by atoms with E-state index in [1.807, 2.05) is 0 Å². The van der Waals surface area contributed by atoms with Crippen molar-refractivity contribution in [3.63, 3.8) is 0 Å². The Kier molecular flexibility index (Phi) is 5.51. The lowest BCUT2D eigenvalue weighted by atomic mass is 10.1. The summed E-state index contributed by atoms with van der Waals surface area (Å²) in [5, 5.41) is 6.76. The average molecular weight is 414 g/mol. The summed E-state index contributed by atoms with van der Waals surface area (Å²) in [7, 11) is 0. The molecule has 0 bridgehead atoms. The molecular formula is C18H12Cl3FN2O2. The maximum absolute atomic E-state index is 14.2. The van der Waals surface area contributed by atoms with Crippen LogP contribution in [-0.2, 0) is 4.79 Å². The van der Waals surface area contributed by atoms with Gasteiger partial charge in [-0.3, -0.25) is 4.79 Å². The molecule has 3 rings (SSSR count). The lowest BCUT2D eigenvalue weighted by Crippen LogP contribution is -2.18. The number of nitrogens with zero attached hydrogens (tertiary/aromatic N) is 1. The number of hydrogen-bond donors (Lipinski definition) is 1. The molecule has 26 heavy (non-hydrogen) atoms. The van der Waals surface area contributed by atoms with E-state index in [4.69, 9.17) is 39.3 Å². The van der Waals surface area contributed by atoms with E-state index in [0.717, 1.165) is 5.56 Å². The molecule has 2 aromatic carbocycles. The summed E-state index contributed by atoms with van der Waals surface area (Å²) in [6.45, 7) is 1.78. The number of nitrogens with one attached hydrogen (secondary N) is 1. The standard InChI is InChI=1S/C18H12Cl3FN2O2/c1-9-5-6-12(22)15(16(9)19)13-8-14(26-24-13)10-3-2-4-11(7-10)23-18(25)17(20)21/h2-8,17H,1H3,(H,23,25). The Morgan fingerprint density at radius 2 is 2.00 bits per heavy atom. The molecule has 0 aliphatic rings. The van der Waals surface area contributed by atoms with Gasteiger partial charge in [0.1, 0.15) is 11.5 Å². The maximum atomic E-state index is 14.2. The molecule has 0 aliphatic heterocycles. The van der Waals surface area contributed by atoms with Gasteiger partial charge in [-0.05, 0) is 30.7 Å². The predicted molar refractivity (Wildman–Crippen MR) is 101 cm³/mol. The summed E-state index contributed by atoms with van der Waals surface area (Å²) in [4.78, 5) is 10.4. The van der Waals surface area contributed by atoms with Crippen LogP contribution in [0.2, 0.25) is 5.02 Å². The minimum absolute atomic E-state index is 0.179. The van der Waals surface area contributed by atoms with Crippen molar-refractivity contribution in [2.45, 2.75) is 11.8 Å². The number of carbonyl (C=O) groups is 1. The summed E-state index contributed by atoms with van der Waals surface area (Å²) in [6, 6.07) is 11.3. The van der Waals surface area contributed by atoms with Crippen LogP contribution >= 0.6 is 34.8 Å². The first-order chi connectivity index (χ1) is 12.4. The molecule has 0 aliphatic carbocycles. The summed E-state index contributed by atoms with van der Waals surface area (Å²) < 4.78 is 19.5. The topological polar surface area (TPSA) is 55.1 Å². The SMILES string of the molecule is Cc1ccc(F)c(-c2cc(-c3cccc(NC(=O)C(Cl)Cl)c3)on2)c1Cl. The van der Waals surface area contributed by atoms with E-state index in [-0.39, 0.29) is 16.3 Å². The van der Waals surface area contributed by atoms with E-state index in [2.05, 4.69) is 10.5 Å². The van der Waals surface area contributed by atoms with Crippen LogP contribution in [0.3, 0.4) is 0 Å². The predicted octanol–water partition coefficient (Wildman–Crippen LogP) is 5.85. The summed E-state index contributed by atoms with van der Waals surface area (Å²) in [6.07, 6.45) is 0. The minimum Gasteiger partial charge on any atom is -0.356 e. The quantitative estimate of drug-likeness (QED) is 0.546. The molecule has 1 aromatic heterocycles. The first kappa shape index (κ1) is 18.7. The maximum Gasteiger partial charge on any atom is 0.257 e. The molecule has 1 N–H and O–H groups in total. The van der Waals surface area contributed by atoms with Gasteiger partial charge in [-0.1, -0.05) is 58.2 Å². The fourth-order valence-electron chi connectivity index (χ4n) is 2.37. The van der Waals surface area contributed by atoms with Gasteiger partial charge >= 0.3 is 0 Å². The van der Waals surface area contributed by atoms with E-state index in [1.165, 1.54) is 6.07 Å². The van der Waals surface area contributed by atoms with Crippen molar-refractivity contribution in [2.24, 2.45) is 0 Å². The number of alkyl halides is 2. The number of benzene rings is 2. The third-order valence-corrected chi connectivity index (χ3v) is 4.55. The number of anilines is 1. The molecule has 1 heterocycles. The third-order valence-electron chi connectivity index (χ3n) is 3.66. The van der Waals surface area contributed by atoms with Crippen LogP contribution in [-0.4, -0.2) is 15.9 Å². The normalized spacial score (nSPS) is 11.0. The van der Waals surface area contributed by atoms with Crippen LogP contribution in [0.15, 0.2) is 47.0 Å². The zero-order valence-corrected chi connectivity index (χ0v) is 15.7. The van der Waals surface area contributed by atoms with E-state index in [0.29, 0.717) is 17.0 Å². The molecule has 0 radical (unpaired) electrons. The van der Waals surface area contributed by atoms with E-state index in [1.54, 1.807) is 43.3 Å². The molecule has 134 valence electrons. The molecule has 0 saturated carbocycles. The van der Waals surface area contributed by atoms with Gasteiger partial charge in [-0.25, -0.2) is 4.39 Å². The second-order valence-corrected chi connectivity index (χ2v) is 6.97. The fourth-order valence-corrected chi connectivity index (χ4v) is 2.73. The second kappa shape index (κ2) is 7.66. The minimum atomic E-state index is -1.18. The van der Waals surface area contributed by atoms with Gasteiger partial charge in [0.2, 0.25) is 0 Å². The average Bonchev–Trinajstić information content (AvgIpc) is 3.08. The van der Waals surface area contributed by atoms with Crippen molar-refractivity contribution in [1.29, 1.82) is 0 Å². The Balaban J connectivity index is 1.94. The van der Waals surface area contributed by atoms with Gasteiger partial charge in [0.05, 0.1) is 10.6 Å². The first-order valence-electron chi connectivity index (χ1n) is 7.48. The van der Waals surface area contributed by atoms with E-state index in [9.17, 15) is 9.18 Å². The number of rotatable bonds is 4. The Hall–Kier alpha value is -2.08. The number of aryl methyl sites for hydroxylation is 1. The number of amides is 1. The number of hydrogen-bond acceptors (Lipinski definition) is 3. The van der Waals surface area contributed by atoms with Crippen molar-refractivity contribution in [3.05, 3.63) is 58.9 Å². The van der Waals surface area contributed by atoms with E-state index >= 15 is 0 Å². The summed E-state index contributed by atoms with van der Waals surface area (Å²) in [5.74, 6) is -0.643. The molecule has 4 nitrogen and oxygen atoms in total. The monoisotopic (exact) mass is 412 g/mol. The van der Waals surface area contributed by atoms with Crippen LogP contribution in [0.1, 0.15) is 5.56 Å². The van der Waals surface area contributed by atoms with Gasteiger partial charge in [0.25, 0.3) is 5.91 Å². The van der Waals surface area contributed by atoms with Crippen molar-refractivity contribution in [1.82, 2.24) is 5.16 Å². The van der Waals surface area contributed by atoms with Crippen LogP contribution in [0.25, 0.3) is 22.6 Å². The third kappa shape index (κ3) is 3.85. The second-order valence-electron chi connectivity index (χ2n) is 5.50. The van der Waals surface area contributed by atoms with Crippen LogP contribution in [0.4, 0.5) is 10.1 Å². The van der Waals surface area contributed by atoms with Crippen molar-refractivity contribution >= 4 is 46.4 Å². The molecule has 0 atom stereocenters. The van der Waals surface area contributed by atoms with Gasteiger partial charge in [0.15, 0.2) is 10.6 Å². The Labute approximate surface area is 163 Å². The molecule has 8 heteroatoms. The number of carbonyl (C=O) groups excluding carboxylic acids is 1. The largest absolute Gasteiger partial charge is 0.356 e. The van der Waals surface area contributed by atoms with Gasteiger partial charge in [-0.2, -0.15) is 0 Å². The zero-order valence-electron chi connectivity index (χ0n) is 13.4. The smallest absolute Gasteiger partial charge is 0.257 e. The molecular weight excluding hydrogens is 402 g/mol. The van der Waals surface area contributed by atoms with Crippen molar-refractivity contribution < 1.29 is 13.7 Å². The Morgan fingerprint density at radius 3 is 2.73 bits per heavy atom. The van der Waals surface area contributed by atoms with Crippen LogP contribution in [0.5, 0.6) is 0 Å². The molecule has 0 spiro atoms. The summed E-state index contributed by atoms with van der Waals surface area (Å²) in [5.41, 5.74) is 2.30. The van der Waals surface area contributed by atoms with Gasteiger partial charge in [-0.15, -0.1) is 0 Å². The lowest BCUT2D eigenvalue weighted by Gasteiger charge is -2.06. The highest BCUT2D eigenvalue weighted by Crippen LogP contribution is 2.35. The molecule has 0 fully saturated rings. The Morgan fingerprint density at radius 1 is 1.23 bits per heavy atom. The lowest BCUT2D eigenvalue weighted by molar-refractivity contribution is -0.114. The Bertz CT molecular complexity index is 973. The number of aromatic nitrogens is 1. The molecule has 0 saturated heterocycles. The highest BCUT2D eigenvalue weighted by atomic mass is 35.5.